The molecule has 0 aromatic rings. The van der Waals surface area contributed by atoms with Gasteiger partial charge in [-0.05, 0) is 18.3 Å². The van der Waals surface area contributed by atoms with Crippen molar-refractivity contribution in [3.63, 3.8) is 0 Å². The Balaban J connectivity index is 4.03. The van der Waals surface area contributed by atoms with Gasteiger partial charge < -0.3 is 10.6 Å². The first-order valence-electron chi connectivity index (χ1n) is 5.76. The summed E-state index contributed by atoms with van der Waals surface area (Å²) in [6.45, 7) is 11.7. The van der Waals surface area contributed by atoms with E-state index in [0.717, 1.165) is 6.54 Å². The topological polar surface area (TPSA) is 41.1 Å². The van der Waals surface area contributed by atoms with E-state index >= 15 is 0 Å². The molecule has 2 N–H and O–H groups in total. The molecule has 0 rings (SSSR count). The lowest BCUT2D eigenvalue weighted by molar-refractivity contribution is -0.122. The number of hydrogen-bond acceptors (Lipinski definition) is 2. The van der Waals surface area contributed by atoms with E-state index in [-0.39, 0.29) is 17.4 Å². The second kappa shape index (κ2) is 6.55. The molecule has 0 aromatic heterocycles. The third kappa shape index (κ3) is 5.18. The average molecular weight is 224 g/mol. The first kappa shape index (κ1) is 15.0. The molecule has 0 aromatic carbocycles. The molecule has 3 heteroatoms. The van der Waals surface area contributed by atoms with Crippen molar-refractivity contribution in [3.05, 3.63) is 0 Å². The van der Waals surface area contributed by atoms with E-state index in [9.17, 15) is 4.79 Å². The van der Waals surface area contributed by atoms with Crippen molar-refractivity contribution in [2.75, 3.05) is 13.1 Å². The van der Waals surface area contributed by atoms with Crippen molar-refractivity contribution in [2.24, 2.45) is 11.3 Å². The van der Waals surface area contributed by atoms with Crippen LogP contribution in [0.15, 0.2) is 0 Å². The van der Waals surface area contributed by atoms with Gasteiger partial charge in [0.2, 0.25) is 5.91 Å². The zero-order valence-corrected chi connectivity index (χ0v) is 11.1. The molecular weight excluding hydrogens is 200 g/mol. The van der Waals surface area contributed by atoms with Crippen LogP contribution in [0.1, 0.15) is 34.6 Å². The van der Waals surface area contributed by atoms with Gasteiger partial charge in [-0.3, -0.25) is 4.79 Å². The number of amides is 1. The highest BCUT2D eigenvalue weighted by Gasteiger charge is 2.23. The molecule has 1 amide bonds. The minimum Gasteiger partial charge on any atom is -0.344 e. The largest absolute Gasteiger partial charge is 0.344 e. The number of carbonyl (C=O) groups is 1. The fraction of sp³-hybridized carbons (Fsp3) is 0.769. The van der Waals surface area contributed by atoms with E-state index in [0.29, 0.717) is 12.5 Å². The van der Waals surface area contributed by atoms with Crippen molar-refractivity contribution < 1.29 is 4.79 Å². The molecule has 1 atom stereocenters. The zero-order chi connectivity index (χ0) is 12.8. The summed E-state index contributed by atoms with van der Waals surface area (Å²) in [6, 6.07) is -0.202. The van der Waals surface area contributed by atoms with Crippen LogP contribution in [0.4, 0.5) is 0 Å². The van der Waals surface area contributed by atoms with E-state index in [4.69, 9.17) is 6.42 Å². The van der Waals surface area contributed by atoms with Gasteiger partial charge in [-0.25, -0.2) is 0 Å². The van der Waals surface area contributed by atoms with Gasteiger partial charge in [0.25, 0.3) is 0 Å². The van der Waals surface area contributed by atoms with Crippen LogP contribution in [-0.4, -0.2) is 25.0 Å². The Morgan fingerprint density at radius 2 is 1.94 bits per heavy atom. The summed E-state index contributed by atoms with van der Waals surface area (Å²) in [4.78, 5) is 11.5. The van der Waals surface area contributed by atoms with E-state index < -0.39 is 0 Å². The lowest BCUT2D eigenvalue weighted by atomic mass is 9.81. The SMILES string of the molecule is C#CCNC(=O)C(C)NCC(C)(C)C(C)C. The van der Waals surface area contributed by atoms with E-state index in [2.05, 4.69) is 44.2 Å². The smallest absolute Gasteiger partial charge is 0.237 e. The monoisotopic (exact) mass is 224 g/mol. The normalized spacial score (nSPS) is 13.3. The number of nitrogens with one attached hydrogen (secondary N) is 2. The number of carbonyl (C=O) groups excluding carboxylic acids is 1. The highest BCUT2D eigenvalue weighted by Crippen LogP contribution is 2.24. The van der Waals surface area contributed by atoms with Crippen LogP contribution in [0, 0.1) is 23.7 Å². The fourth-order valence-corrected chi connectivity index (χ4v) is 1.00. The molecule has 0 saturated heterocycles. The Morgan fingerprint density at radius 3 is 2.38 bits per heavy atom. The van der Waals surface area contributed by atoms with E-state index in [1.807, 2.05) is 6.92 Å². The maximum Gasteiger partial charge on any atom is 0.237 e. The number of hydrogen-bond donors (Lipinski definition) is 2. The molecule has 92 valence electrons. The van der Waals surface area contributed by atoms with Crippen molar-refractivity contribution in [3.8, 4) is 12.3 Å². The van der Waals surface area contributed by atoms with Crippen molar-refractivity contribution in [1.29, 1.82) is 0 Å². The van der Waals surface area contributed by atoms with Crippen LogP contribution in [0.5, 0.6) is 0 Å². The van der Waals surface area contributed by atoms with Crippen LogP contribution in [0.3, 0.4) is 0 Å². The first-order valence-corrected chi connectivity index (χ1v) is 5.76. The van der Waals surface area contributed by atoms with Crippen LogP contribution in [0.2, 0.25) is 0 Å². The number of terminal acetylenes is 1. The Kier molecular flexibility index (Phi) is 6.13. The zero-order valence-electron chi connectivity index (χ0n) is 11.1. The molecule has 0 spiro atoms. The average Bonchev–Trinajstić information content (AvgIpc) is 2.22. The van der Waals surface area contributed by atoms with Crippen LogP contribution >= 0.6 is 0 Å². The van der Waals surface area contributed by atoms with Crippen LogP contribution in [0.25, 0.3) is 0 Å². The predicted octanol–water partition coefficient (Wildman–Crippen LogP) is 1.40. The molecule has 16 heavy (non-hydrogen) atoms. The Hall–Kier alpha value is -1.01. The second-order valence-electron chi connectivity index (χ2n) is 5.17. The predicted molar refractivity (Wildman–Crippen MR) is 67.9 cm³/mol. The molecular formula is C13H24N2O. The van der Waals surface area contributed by atoms with E-state index in [1.54, 1.807) is 0 Å². The third-order valence-corrected chi connectivity index (χ3v) is 3.18. The van der Waals surface area contributed by atoms with Crippen LogP contribution < -0.4 is 10.6 Å². The van der Waals surface area contributed by atoms with Crippen molar-refractivity contribution in [1.82, 2.24) is 10.6 Å². The lowest BCUT2D eigenvalue weighted by Crippen LogP contribution is -2.46. The van der Waals surface area contributed by atoms with E-state index in [1.165, 1.54) is 0 Å². The Morgan fingerprint density at radius 1 is 1.38 bits per heavy atom. The molecule has 0 fully saturated rings. The van der Waals surface area contributed by atoms with Crippen molar-refractivity contribution in [2.45, 2.75) is 40.7 Å². The van der Waals surface area contributed by atoms with Gasteiger partial charge in [0, 0.05) is 6.54 Å². The van der Waals surface area contributed by atoms with Gasteiger partial charge in [-0.2, -0.15) is 0 Å². The number of rotatable bonds is 6. The maximum absolute atomic E-state index is 11.5. The van der Waals surface area contributed by atoms with Crippen LogP contribution in [-0.2, 0) is 4.79 Å². The highest BCUT2D eigenvalue weighted by molar-refractivity contribution is 5.81. The standard InChI is InChI=1S/C13H24N2O/c1-7-8-14-12(16)11(4)15-9-13(5,6)10(2)3/h1,10-11,15H,8-9H2,2-6H3,(H,14,16). The maximum atomic E-state index is 11.5. The second-order valence-corrected chi connectivity index (χ2v) is 5.17. The molecule has 0 bridgehead atoms. The fourth-order valence-electron chi connectivity index (χ4n) is 1.00. The summed E-state index contributed by atoms with van der Waals surface area (Å²) in [5, 5.41) is 5.89. The lowest BCUT2D eigenvalue weighted by Gasteiger charge is -2.30. The van der Waals surface area contributed by atoms with Gasteiger partial charge >= 0.3 is 0 Å². The Labute approximate surface area is 99.4 Å². The highest BCUT2D eigenvalue weighted by atomic mass is 16.2. The third-order valence-electron chi connectivity index (χ3n) is 3.18. The molecule has 0 aliphatic carbocycles. The van der Waals surface area contributed by atoms with Gasteiger partial charge in [0.1, 0.15) is 0 Å². The molecule has 3 nitrogen and oxygen atoms in total. The summed E-state index contributed by atoms with van der Waals surface area (Å²) in [5.41, 5.74) is 0.181. The van der Waals surface area contributed by atoms with Gasteiger partial charge in [0.05, 0.1) is 12.6 Å². The molecule has 0 aliphatic rings. The van der Waals surface area contributed by atoms with Gasteiger partial charge in [0.15, 0.2) is 0 Å². The molecule has 0 radical (unpaired) electrons. The summed E-state index contributed by atoms with van der Waals surface area (Å²) >= 11 is 0. The summed E-state index contributed by atoms with van der Waals surface area (Å²) in [5.74, 6) is 2.91. The summed E-state index contributed by atoms with van der Waals surface area (Å²) in [7, 11) is 0. The molecule has 1 unspecified atom stereocenters. The minimum absolute atomic E-state index is 0.0440. The molecule has 0 heterocycles. The summed E-state index contributed by atoms with van der Waals surface area (Å²) < 4.78 is 0. The Bertz CT molecular complexity index is 264. The minimum atomic E-state index is -0.202. The van der Waals surface area contributed by atoms with Gasteiger partial charge in [-0.1, -0.05) is 33.6 Å². The van der Waals surface area contributed by atoms with Gasteiger partial charge in [-0.15, -0.1) is 6.42 Å². The molecule has 0 aliphatic heterocycles. The first-order chi connectivity index (χ1) is 7.31. The molecule has 0 saturated carbocycles. The van der Waals surface area contributed by atoms with Crippen molar-refractivity contribution >= 4 is 5.91 Å². The quantitative estimate of drug-likeness (QED) is 0.670. The summed E-state index contributed by atoms with van der Waals surface area (Å²) in [6.07, 6.45) is 5.07.